The molecule has 2 N–H and O–H groups in total. The molecular formula is C19H38N2O2. The molecule has 0 aliphatic carbocycles. The van der Waals surface area contributed by atoms with Gasteiger partial charge in [0.1, 0.15) is 0 Å². The van der Waals surface area contributed by atoms with Crippen LogP contribution in [0.5, 0.6) is 0 Å². The van der Waals surface area contributed by atoms with Gasteiger partial charge in [-0.2, -0.15) is 0 Å². The van der Waals surface area contributed by atoms with Crippen LogP contribution in [0.2, 0.25) is 0 Å². The van der Waals surface area contributed by atoms with Crippen LogP contribution < -0.4 is 5.32 Å². The van der Waals surface area contributed by atoms with Gasteiger partial charge in [0.05, 0.1) is 0 Å². The van der Waals surface area contributed by atoms with Gasteiger partial charge in [0.15, 0.2) is 0 Å². The number of nitrogens with zero attached hydrogens (tertiary/aromatic N) is 1. The van der Waals surface area contributed by atoms with Crippen molar-refractivity contribution in [3.8, 4) is 0 Å². The Kier molecular flexibility index (Phi) is 16.8. The Morgan fingerprint density at radius 2 is 1.65 bits per heavy atom. The van der Waals surface area contributed by atoms with E-state index in [1.807, 2.05) is 6.08 Å². The number of hydrogen-bond acceptors (Lipinski definition) is 3. The average Bonchev–Trinajstić information content (AvgIpc) is 2.55. The molecule has 0 aromatic carbocycles. The predicted octanol–water partition coefficient (Wildman–Crippen LogP) is 3.50. The third-order valence-corrected chi connectivity index (χ3v) is 4.03. The van der Waals surface area contributed by atoms with E-state index in [9.17, 15) is 4.79 Å². The van der Waals surface area contributed by atoms with E-state index < -0.39 is 0 Å². The van der Waals surface area contributed by atoms with E-state index in [1.54, 1.807) is 6.08 Å². The smallest absolute Gasteiger partial charge is 0.243 e. The largest absolute Gasteiger partial charge is 0.396 e. The Labute approximate surface area is 143 Å². The molecule has 0 bridgehead atoms. The SMILES string of the molecule is CCC/C=C/C(=O)NCCN(CC)CCCCCCCCCO. The highest BCUT2D eigenvalue weighted by molar-refractivity contribution is 5.87. The van der Waals surface area contributed by atoms with Crippen LogP contribution in [-0.2, 0) is 4.79 Å². The minimum Gasteiger partial charge on any atom is -0.396 e. The van der Waals surface area contributed by atoms with E-state index in [4.69, 9.17) is 5.11 Å². The van der Waals surface area contributed by atoms with Crippen LogP contribution in [0, 0.1) is 0 Å². The molecule has 1 amide bonds. The normalized spacial score (nSPS) is 11.5. The average molecular weight is 327 g/mol. The molecular weight excluding hydrogens is 288 g/mol. The summed E-state index contributed by atoms with van der Waals surface area (Å²) in [5.74, 6) is 0.0254. The molecule has 0 aliphatic rings. The zero-order chi connectivity index (χ0) is 17.2. The number of hydrogen-bond donors (Lipinski definition) is 2. The molecule has 4 nitrogen and oxygen atoms in total. The lowest BCUT2D eigenvalue weighted by Gasteiger charge is -2.20. The first kappa shape index (κ1) is 22.1. The summed E-state index contributed by atoms with van der Waals surface area (Å²) in [6.45, 7) is 8.43. The second kappa shape index (κ2) is 17.5. The summed E-state index contributed by atoms with van der Waals surface area (Å²) in [7, 11) is 0. The van der Waals surface area contributed by atoms with Crippen molar-refractivity contribution in [2.24, 2.45) is 0 Å². The number of carbonyl (C=O) groups is 1. The Bertz CT molecular complexity index is 293. The second-order valence-corrected chi connectivity index (χ2v) is 6.11. The maximum absolute atomic E-state index is 11.6. The highest BCUT2D eigenvalue weighted by atomic mass is 16.2. The van der Waals surface area contributed by atoms with E-state index in [0.29, 0.717) is 6.61 Å². The predicted molar refractivity (Wildman–Crippen MR) is 98.6 cm³/mol. The third kappa shape index (κ3) is 15.8. The van der Waals surface area contributed by atoms with Gasteiger partial charge in [0, 0.05) is 19.7 Å². The number of nitrogens with one attached hydrogen (secondary N) is 1. The van der Waals surface area contributed by atoms with Gasteiger partial charge >= 0.3 is 0 Å². The highest BCUT2D eigenvalue weighted by Crippen LogP contribution is 2.07. The second-order valence-electron chi connectivity index (χ2n) is 6.11. The molecule has 0 spiro atoms. The molecule has 0 heterocycles. The van der Waals surface area contributed by atoms with Crippen molar-refractivity contribution in [2.45, 2.75) is 71.6 Å². The first-order chi connectivity index (χ1) is 11.2. The zero-order valence-electron chi connectivity index (χ0n) is 15.4. The van der Waals surface area contributed by atoms with Crippen LogP contribution in [0.15, 0.2) is 12.2 Å². The van der Waals surface area contributed by atoms with E-state index in [1.165, 1.54) is 32.1 Å². The van der Waals surface area contributed by atoms with Crippen LogP contribution >= 0.6 is 0 Å². The van der Waals surface area contributed by atoms with E-state index in [2.05, 4.69) is 24.1 Å². The number of unbranched alkanes of at least 4 members (excludes halogenated alkanes) is 7. The molecule has 0 unspecified atom stereocenters. The summed E-state index contributed by atoms with van der Waals surface area (Å²) in [4.78, 5) is 14.0. The van der Waals surface area contributed by atoms with Crippen molar-refractivity contribution in [3.05, 3.63) is 12.2 Å². The summed E-state index contributed by atoms with van der Waals surface area (Å²) in [6, 6.07) is 0. The number of rotatable bonds is 16. The maximum Gasteiger partial charge on any atom is 0.243 e. The maximum atomic E-state index is 11.6. The van der Waals surface area contributed by atoms with Crippen molar-refractivity contribution in [2.75, 3.05) is 32.8 Å². The lowest BCUT2D eigenvalue weighted by atomic mass is 10.1. The van der Waals surface area contributed by atoms with Crippen molar-refractivity contribution >= 4 is 5.91 Å². The van der Waals surface area contributed by atoms with Crippen LogP contribution in [-0.4, -0.2) is 48.7 Å². The van der Waals surface area contributed by atoms with Gasteiger partial charge in [-0.25, -0.2) is 0 Å². The fourth-order valence-electron chi connectivity index (χ4n) is 2.51. The van der Waals surface area contributed by atoms with Gasteiger partial charge in [-0.15, -0.1) is 0 Å². The number of carbonyl (C=O) groups excluding carboxylic acids is 1. The molecule has 0 aromatic heterocycles. The van der Waals surface area contributed by atoms with E-state index >= 15 is 0 Å². The minimum atomic E-state index is 0.0254. The molecule has 23 heavy (non-hydrogen) atoms. The van der Waals surface area contributed by atoms with Gasteiger partial charge in [0.25, 0.3) is 0 Å². The number of aliphatic hydroxyl groups excluding tert-OH is 1. The molecule has 0 atom stereocenters. The molecule has 0 aromatic rings. The first-order valence-electron chi connectivity index (χ1n) is 9.52. The quantitative estimate of drug-likeness (QED) is 0.337. The van der Waals surface area contributed by atoms with Gasteiger partial charge in [-0.3, -0.25) is 4.79 Å². The van der Waals surface area contributed by atoms with Gasteiger partial charge in [0.2, 0.25) is 5.91 Å². The lowest BCUT2D eigenvalue weighted by Crippen LogP contribution is -2.34. The Morgan fingerprint density at radius 1 is 1.00 bits per heavy atom. The number of amides is 1. The standard InChI is InChI=1S/C19H38N2O2/c1-3-5-11-14-19(23)20-15-17-21(4-2)16-12-9-7-6-8-10-13-18-22/h11,14,22H,3-10,12-13,15-18H2,1-2H3,(H,20,23)/b14-11+. The van der Waals surface area contributed by atoms with Gasteiger partial charge in [-0.05, 0) is 38.4 Å². The molecule has 4 heteroatoms. The summed E-state index contributed by atoms with van der Waals surface area (Å²) in [5, 5.41) is 11.7. The number of allylic oxidation sites excluding steroid dienone is 1. The van der Waals surface area contributed by atoms with Crippen molar-refractivity contribution < 1.29 is 9.90 Å². The molecule has 0 aliphatic heterocycles. The Balaban J connectivity index is 3.53. The summed E-state index contributed by atoms with van der Waals surface area (Å²) in [6.07, 6.45) is 14.1. The van der Waals surface area contributed by atoms with E-state index in [-0.39, 0.29) is 5.91 Å². The van der Waals surface area contributed by atoms with E-state index in [0.717, 1.165) is 51.9 Å². The minimum absolute atomic E-state index is 0.0254. The van der Waals surface area contributed by atoms with Crippen molar-refractivity contribution in [3.63, 3.8) is 0 Å². The molecule has 0 rings (SSSR count). The lowest BCUT2D eigenvalue weighted by molar-refractivity contribution is -0.116. The third-order valence-electron chi connectivity index (χ3n) is 4.03. The molecule has 0 saturated heterocycles. The molecule has 0 saturated carbocycles. The Morgan fingerprint density at radius 3 is 2.26 bits per heavy atom. The molecule has 136 valence electrons. The van der Waals surface area contributed by atoms with Crippen molar-refractivity contribution in [1.82, 2.24) is 10.2 Å². The fourth-order valence-corrected chi connectivity index (χ4v) is 2.51. The molecule has 0 radical (unpaired) electrons. The van der Waals surface area contributed by atoms with Gasteiger partial charge < -0.3 is 15.3 Å². The van der Waals surface area contributed by atoms with Crippen molar-refractivity contribution in [1.29, 1.82) is 0 Å². The van der Waals surface area contributed by atoms with Crippen LogP contribution in [0.4, 0.5) is 0 Å². The van der Waals surface area contributed by atoms with Crippen LogP contribution in [0.3, 0.4) is 0 Å². The topological polar surface area (TPSA) is 52.6 Å². The summed E-state index contributed by atoms with van der Waals surface area (Å²) < 4.78 is 0. The summed E-state index contributed by atoms with van der Waals surface area (Å²) >= 11 is 0. The molecule has 0 fully saturated rings. The number of likely N-dealkylation sites (N-methyl/N-ethyl adjacent to an activating group) is 1. The number of aliphatic hydroxyl groups is 1. The van der Waals surface area contributed by atoms with Crippen LogP contribution in [0.25, 0.3) is 0 Å². The van der Waals surface area contributed by atoms with Gasteiger partial charge in [-0.1, -0.05) is 58.4 Å². The van der Waals surface area contributed by atoms with Crippen LogP contribution in [0.1, 0.15) is 71.6 Å². The fraction of sp³-hybridized carbons (Fsp3) is 0.842. The monoisotopic (exact) mass is 326 g/mol. The summed E-state index contributed by atoms with van der Waals surface area (Å²) in [5.41, 5.74) is 0. The highest BCUT2D eigenvalue weighted by Gasteiger charge is 2.02. The first-order valence-corrected chi connectivity index (χ1v) is 9.52. The Hall–Kier alpha value is -0.870. The zero-order valence-corrected chi connectivity index (χ0v) is 15.4.